The van der Waals surface area contributed by atoms with Crippen LogP contribution in [0.4, 0.5) is 10.5 Å². The third kappa shape index (κ3) is 5.02. The average molecular weight is 425 g/mol. The van der Waals surface area contributed by atoms with Gasteiger partial charge >= 0.3 is 6.03 Å². The number of likely N-dealkylation sites (tertiary alicyclic amines) is 1. The fraction of sp³-hybridized carbons (Fsp3) is 0.391. The molecule has 3 amide bonds. The van der Waals surface area contributed by atoms with Gasteiger partial charge in [-0.2, -0.15) is 0 Å². The van der Waals surface area contributed by atoms with Crippen LogP contribution in [0.2, 0.25) is 0 Å². The lowest BCUT2D eigenvalue weighted by Gasteiger charge is -2.33. The van der Waals surface area contributed by atoms with Gasteiger partial charge in [0.2, 0.25) is 12.7 Å². The Morgan fingerprint density at radius 2 is 1.87 bits per heavy atom. The van der Waals surface area contributed by atoms with Crippen LogP contribution in [0.25, 0.3) is 0 Å². The predicted molar refractivity (Wildman–Crippen MR) is 115 cm³/mol. The molecular formula is C23H27N3O5. The predicted octanol–water partition coefficient (Wildman–Crippen LogP) is 3.33. The number of anilines is 1. The Kier molecular flexibility index (Phi) is 6.16. The van der Waals surface area contributed by atoms with Crippen LogP contribution in [0.5, 0.6) is 17.2 Å². The largest absolute Gasteiger partial charge is 0.489 e. The number of fused-ring (bicyclic) bond motifs is 1. The molecule has 0 saturated carbocycles. The van der Waals surface area contributed by atoms with Crippen molar-refractivity contribution in [2.45, 2.75) is 19.4 Å². The van der Waals surface area contributed by atoms with Crippen LogP contribution >= 0.6 is 0 Å². The quantitative estimate of drug-likeness (QED) is 0.795. The highest BCUT2D eigenvalue weighted by Crippen LogP contribution is 2.35. The second kappa shape index (κ2) is 9.16. The number of benzene rings is 2. The molecule has 2 heterocycles. The molecule has 0 spiro atoms. The summed E-state index contributed by atoms with van der Waals surface area (Å²) in [6.45, 7) is 1.79. The summed E-state index contributed by atoms with van der Waals surface area (Å²) in [6, 6.07) is 13.1. The second-order valence-corrected chi connectivity index (χ2v) is 7.93. The Labute approximate surface area is 181 Å². The van der Waals surface area contributed by atoms with E-state index in [0.717, 1.165) is 11.3 Å². The van der Waals surface area contributed by atoms with E-state index in [1.807, 2.05) is 36.4 Å². The normalized spacial score (nSPS) is 15.5. The fourth-order valence-electron chi connectivity index (χ4n) is 3.73. The molecule has 1 N–H and O–H groups in total. The van der Waals surface area contributed by atoms with Crippen LogP contribution in [0.1, 0.15) is 18.4 Å². The van der Waals surface area contributed by atoms with Gasteiger partial charge in [-0.05, 0) is 42.7 Å². The minimum atomic E-state index is -0.0975. The summed E-state index contributed by atoms with van der Waals surface area (Å²) in [4.78, 5) is 28.1. The van der Waals surface area contributed by atoms with Crippen molar-refractivity contribution in [3.63, 3.8) is 0 Å². The summed E-state index contributed by atoms with van der Waals surface area (Å²) in [5.74, 6) is 1.98. The minimum Gasteiger partial charge on any atom is -0.489 e. The van der Waals surface area contributed by atoms with E-state index in [1.165, 1.54) is 0 Å². The van der Waals surface area contributed by atoms with E-state index in [-0.39, 0.29) is 24.6 Å². The number of hydrogen-bond acceptors (Lipinski definition) is 5. The topological polar surface area (TPSA) is 80.3 Å². The molecule has 164 valence electrons. The third-order valence-electron chi connectivity index (χ3n) is 5.46. The molecule has 1 saturated heterocycles. The lowest BCUT2D eigenvalue weighted by molar-refractivity contribution is -0.121. The second-order valence-electron chi connectivity index (χ2n) is 7.93. The number of amides is 3. The molecule has 2 aromatic carbocycles. The first-order valence-electron chi connectivity index (χ1n) is 10.4. The zero-order chi connectivity index (χ0) is 21.8. The van der Waals surface area contributed by atoms with Gasteiger partial charge < -0.3 is 29.3 Å². The van der Waals surface area contributed by atoms with Gasteiger partial charge in [0.05, 0.1) is 0 Å². The third-order valence-corrected chi connectivity index (χ3v) is 5.46. The van der Waals surface area contributed by atoms with Crippen molar-refractivity contribution < 1.29 is 23.8 Å². The number of hydrogen-bond donors (Lipinski definition) is 1. The molecule has 2 aliphatic rings. The van der Waals surface area contributed by atoms with E-state index in [1.54, 1.807) is 30.0 Å². The van der Waals surface area contributed by atoms with Gasteiger partial charge in [-0.15, -0.1) is 0 Å². The van der Waals surface area contributed by atoms with Gasteiger partial charge in [-0.1, -0.05) is 12.1 Å². The standard InChI is InChI=1S/C23H27N3O5/c1-25(2)23(28)26-10-8-17(9-11-26)22(27)24-18-5-3-4-16(12-18)14-29-19-6-7-20-21(13-19)31-15-30-20/h3-7,12-13,17H,8-11,14-15H2,1-2H3,(H,24,27). The first-order chi connectivity index (χ1) is 15.0. The van der Waals surface area contributed by atoms with Gasteiger partial charge in [0.1, 0.15) is 12.4 Å². The number of carbonyl (C=O) groups excluding carboxylic acids is 2. The van der Waals surface area contributed by atoms with Gasteiger partial charge in [0.25, 0.3) is 0 Å². The van der Waals surface area contributed by atoms with Crippen LogP contribution in [-0.4, -0.2) is 55.7 Å². The molecule has 31 heavy (non-hydrogen) atoms. The van der Waals surface area contributed by atoms with Gasteiger partial charge in [-0.3, -0.25) is 4.79 Å². The first-order valence-corrected chi connectivity index (χ1v) is 10.4. The maximum atomic E-state index is 12.7. The highest BCUT2D eigenvalue weighted by molar-refractivity contribution is 5.92. The van der Waals surface area contributed by atoms with E-state index in [2.05, 4.69) is 5.32 Å². The fourth-order valence-corrected chi connectivity index (χ4v) is 3.73. The van der Waals surface area contributed by atoms with E-state index >= 15 is 0 Å². The summed E-state index contributed by atoms with van der Waals surface area (Å²) in [5.41, 5.74) is 1.69. The molecule has 0 aliphatic carbocycles. The zero-order valence-electron chi connectivity index (χ0n) is 17.8. The Balaban J connectivity index is 1.29. The first kappa shape index (κ1) is 20.8. The number of ether oxygens (including phenoxy) is 3. The average Bonchev–Trinajstić information content (AvgIpc) is 3.25. The molecule has 0 bridgehead atoms. The minimum absolute atomic E-state index is 0.00554. The molecule has 0 atom stereocenters. The molecule has 0 radical (unpaired) electrons. The number of piperidine rings is 1. The molecule has 2 aromatic rings. The number of carbonyl (C=O) groups is 2. The van der Waals surface area contributed by atoms with Crippen LogP contribution in [0.3, 0.4) is 0 Å². The Morgan fingerprint density at radius 3 is 2.65 bits per heavy atom. The summed E-state index contributed by atoms with van der Waals surface area (Å²) in [7, 11) is 3.48. The summed E-state index contributed by atoms with van der Waals surface area (Å²) in [5, 5.41) is 3.01. The molecule has 0 unspecified atom stereocenters. The molecule has 1 fully saturated rings. The van der Waals surface area contributed by atoms with Crippen LogP contribution in [-0.2, 0) is 11.4 Å². The lowest BCUT2D eigenvalue weighted by atomic mass is 9.96. The zero-order valence-corrected chi connectivity index (χ0v) is 17.8. The van der Waals surface area contributed by atoms with Crippen molar-refractivity contribution >= 4 is 17.6 Å². The molecule has 8 nitrogen and oxygen atoms in total. The van der Waals surface area contributed by atoms with Gasteiger partial charge in [0, 0.05) is 44.9 Å². The van der Waals surface area contributed by atoms with E-state index in [0.29, 0.717) is 49.8 Å². The highest BCUT2D eigenvalue weighted by Gasteiger charge is 2.28. The van der Waals surface area contributed by atoms with E-state index in [4.69, 9.17) is 14.2 Å². The number of rotatable bonds is 5. The van der Waals surface area contributed by atoms with Crippen LogP contribution in [0, 0.1) is 5.92 Å². The monoisotopic (exact) mass is 425 g/mol. The van der Waals surface area contributed by atoms with Gasteiger partial charge in [0.15, 0.2) is 11.5 Å². The van der Waals surface area contributed by atoms with Crippen LogP contribution in [0.15, 0.2) is 42.5 Å². The molecule has 2 aliphatic heterocycles. The number of urea groups is 1. The van der Waals surface area contributed by atoms with E-state index in [9.17, 15) is 9.59 Å². The SMILES string of the molecule is CN(C)C(=O)N1CCC(C(=O)Nc2cccc(COc3ccc4c(c3)OCO4)c2)CC1. The van der Waals surface area contributed by atoms with Crippen molar-refractivity contribution in [1.29, 1.82) is 0 Å². The van der Waals surface area contributed by atoms with Crippen molar-refractivity contribution in [2.24, 2.45) is 5.92 Å². The smallest absolute Gasteiger partial charge is 0.319 e. The summed E-state index contributed by atoms with van der Waals surface area (Å²) < 4.78 is 16.5. The van der Waals surface area contributed by atoms with Crippen molar-refractivity contribution in [1.82, 2.24) is 9.80 Å². The molecule has 4 rings (SSSR count). The van der Waals surface area contributed by atoms with Crippen molar-refractivity contribution in [3.8, 4) is 17.2 Å². The maximum absolute atomic E-state index is 12.7. The Morgan fingerprint density at radius 1 is 1.10 bits per heavy atom. The molecule has 0 aromatic heterocycles. The Bertz CT molecular complexity index is 954. The molecular weight excluding hydrogens is 398 g/mol. The van der Waals surface area contributed by atoms with Crippen molar-refractivity contribution in [2.75, 3.05) is 39.3 Å². The van der Waals surface area contributed by atoms with Crippen LogP contribution < -0.4 is 19.5 Å². The number of nitrogens with one attached hydrogen (secondary N) is 1. The molecule has 8 heteroatoms. The maximum Gasteiger partial charge on any atom is 0.319 e. The van der Waals surface area contributed by atoms with E-state index < -0.39 is 0 Å². The lowest BCUT2D eigenvalue weighted by Crippen LogP contribution is -2.45. The number of nitrogens with zero attached hydrogens (tertiary/aromatic N) is 2. The highest BCUT2D eigenvalue weighted by atomic mass is 16.7. The summed E-state index contributed by atoms with van der Waals surface area (Å²) >= 11 is 0. The summed E-state index contributed by atoms with van der Waals surface area (Å²) in [6.07, 6.45) is 1.33. The van der Waals surface area contributed by atoms with Gasteiger partial charge in [-0.25, -0.2) is 4.79 Å². The van der Waals surface area contributed by atoms with Crippen molar-refractivity contribution in [3.05, 3.63) is 48.0 Å². The Hall–Kier alpha value is -3.42.